The van der Waals surface area contributed by atoms with E-state index in [2.05, 4.69) is 22.0 Å². The van der Waals surface area contributed by atoms with Gasteiger partial charge in [-0.15, -0.1) is 0 Å². The number of benzene rings is 2. The molecular weight excluding hydrogens is 589 g/mol. The smallest absolute Gasteiger partial charge is 0.319 e. The lowest BCUT2D eigenvalue weighted by atomic mass is 9.89. The third-order valence-electron chi connectivity index (χ3n) is 11.7. The van der Waals surface area contributed by atoms with Crippen molar-refractivity contribution in [1.82, 2.24) is 25.2 Å². The maximum atomic E-state index is 17.2. The van der Waals surface area contributed by atoms with Crippen LogP contribution >= 0.6 is 0 Å². The van der Waals surface area contributed by atoms with Crippen molar-refractivity contribution in [3.63, 3.8) is 0 Å². The van der Waals surface area contributed by atoms with E-state index >= 15 is 4.39 Å². The molecule has 4 fully saturated rings. The number of ether oxygens (including phenoxy) is 1. The summed E-state index contributed by atoms with van der Waals surface area (Å²) in [7, 11) is 0. The van der Waals surface area contributed by atoms with Crippen LogP contribution in [0.2, 0.25) is 0 Å². The Morgan fingerprint density at radius 3 is 2.83 bits per heavy atom. The fraction of sp³-hybridized carbons (Fsp3) is 0.528. The number of aromatic nitrogens is 3. The predicted octanol–water partition coefficient (Wildman–Crippen LogP) is 6.59. The van der Waals surface area contributed by atoms with Gasteiger partial charge in [-0.3, -0.25) is 4.90 Å². The molecule has 2 aromatic heterocycles. The summed E-state index contributed by atoms with van der Waals surface area (Å²) in [6.45, 7) is 6.21. The van der Waals surface area contributed by atoms with E-state index in [-0.39, 0.29) is 47.1 Å². The molecule has 5 aliphatic rings. The molecule has 7 nitrogen and oxygen atoms in total. The molecule has 9 rings (SSSR count). The number of piperazine rings is 1. The van der Waals surface area contributed by atoms with Crippen LogP contribution in [0.4, 0.5) is 19.0 Å². The molecule has 0 saturated carbocycles. The molecule has 0 unspecified atom stereocenters. The second-order valence-corrected chi connectivity index (χ2v) is 14.3. The maximum absolute atomic E-state index is 17.2. The number of nitrogens with one attached hydrogen (secondary N) is 1. The molecule has 46 heavy (non-hydrogen) atoms. The van der Waals surface area contributed by atoms with Gasteiger partial charge in [0.2, 0.25) is 0 Å². The summed E-state index contributed by atoms with van der Waals surface area (Å²) in [6, 6.07) is 9.73. The number of hydrogen-bond acceptors (Lipinski definition) is 7. The number of fused-ring (bicyclic) bond motifs is 7. The van der Waals surface area contributed by atoms with Crippen molar-refractivity contribution in [2.24, 2.45) is 0 Å². The van der Waals surface area contributed by atoms with Gasteiger partial charge >= 0.3 is 6.01 Å². The van der Waals surface area contributed by atoms with E-state index in [1.807, 2.05) is 18.2 Å². The third-order valence-corrected chi connectivity index (χ3v) is 11.7. The lowest BCUT2D eigenvalue weighted by Crippen LogP contribution is -2.58. The van der Waals surface area contributed by atoms with Crippen molar-refractivity contribution in [3.8, 4) is 17.3 Å². The summed E-state index contributed by atoms with van der Waals surface area (Å²) < 4.78 is 53.1. The van der Waals surface area contributed by atoms with Gasteiger partial charge in [-0.05, 0) is 74.4 Å². The average Bonchev–Trinajstić information content (AvgIpc) is 3.70. The van der Waals surface area contributed by atoms with Crippen LogP contribution < -0.4 is 15.0 Å². The van der Waals surface area contributed by atoms with Crippen LogP contribution in [0.5, 0.6) is 6.01 Å². The first-order chi connectivity index (χ1) is 22.3. The van der Waals surface area contributed by atoms with Crippen LogP contribution in [0.15, 0.2) is 30.3 Å². The first kappa shape index (κ1) is 28.7. The van der Waals surface area contributed by atoms with Crippen LogP contribution in [0.1, 0.15) is 69.0 Å². The predicted molar refractivity (Wildman–Crippen MR) is 172 cm³/mol. The topological polar surface area (TPSA) is 66.4 Å². The Hall–Kier alpha value is -3.50. The molecule has 0 radical (unpaired) electrons. The van der Waals surface area contributed by atoms with Crippen LogP contribution in [0.3, 0.4) is 0 Å². The molecule has 0 aliphatic carbocycles. The van der Waals surface area contributed by atoms with Crippen molar-refractivity contribution in [2.75, 3.05) is 31.1 Å². The van der Waals surface area contributed by atoms with Crippen molar-refractivity contribution in [1.29, 1.82) is 0 Å². The van der Waals surface area contributed by atoms with E-state index < -0.39 is 12.0 Å². The molecule has 1 N–H and O–H groups in total. The Bertz CT molecular complexity index is 1890. The fourth-order valence-corrected chi connectivity index (χ4v) is 9.47. The van der Waals surface area contributed by atoms with E-state index in [0.717, 1.165) is 62.7 Å². The summed E-state index contributed by atoms with van der Waals surface area (Å²) >= 11 is 0. The summed E-state index contributed by atoms with van der Waals surface area (Å²) in [5.74, 6) is -0.153. The van der Waals surface area contributed by atoms with Crippen molar-refractivity contribution in [2.45, 2.75) is 94.5 Å². The SMILES string of the molecule is CC[C@@H]1C[C@@H]2[C@@H]3CC[C@H](CN2c2nc(OC[C@@]45CCCN4C[C@H](F)C5)nc4c(F)c(-c5cccc6ccc(F)c(C)c56)nc1c24)N3. The molecule has 7 heterocycles. The van der Waals surface area contributed by atoms with Crippen molar-refractivity contribution < 1.29 is 17.9 Å². The van der Waals surface area contributed by atoms with Gasteiger partial charge in [0.25, 0.3) is 0 Å². The summed E-state index contributed by atoms with van der Waals surface area (Å²) in [4.78, 5) is 19.5. The molecule has 240 valence electrons. The molecule has 5 aliphatic heterocycles. The van der Waals surface area contributed by atoms with Crippen LogP contribution in [-0.4, -0.2) is 75.9 Å². The van der Waals surface area contributed by atoms with Gasteiger partial charge in [0.05, 0.1) is 16.6 Å². The maximum Gasteiger partial charge on any atom is 0.319 e. The van der Waals surface area contributed by atoms with Gasteiger partial charge in [0.1, 0.15) is 35.6 Å². The lowest BCUT2D eigenvalue weighted by molar-refractivity contribution is 0.107. The van der Waals surface area contributed by atoms with Gasteiger partial charge < -0.3 is 15.0 Å². The largest absolute Gasteiger partial charge is 0.461 e. The number of alkyl halides is 1. The Morgan fingerprint density at radius 2 is 1.96 bits per heavy atom. The third kappa shape index (κ3) is 4.21. The van der Waals surface area contributed by atoms with Crippen LogP contribution in [-0.2, 0) is 0 Å². The zero-order valence-electron chi connectivity index (χ0n) is 26.3. The number of aryl methyl sites for hydroxylation is 1. The van der Waals surface area contributed by atoms with E-state index in [1.165, 1.54) is 6.07 Å². The Balaban J connectivity index is 1.26. The fourth-order valence-electron chi connectivity index (χ4n) is 9.47. The first-order valence-corrected chi connectivity index (χ1v) is 17.0. The summed E-state index contributed by atoms with van der Waals surface area (Å²) in [6.07, 6.45) is 5.30. The molecule has 0 spiro atoms. The molecule has 0 amide bonds. The van der Waals surface area contributed by atoms with Gasteiger partial charge in [-0.1, -0.05) is 31.2 Å². The Labute approximate surface area is 266 Å². The zero-order valence-corrected chi connectivity index (χ0v) is 26.3. The molecule has 2 aromatic carbocycles. The molecule has 2 bridgehead atoms. The molecule has 4 saturated heterocycles. The molecule has 4 aromatic rings. The lowest BCUT2D eigenvalue weighted by Gasteiger charge is -2.42. The van der Waals surface area contributed by atoms with Crippen molar-refractivity contribution in [3.05, 3.63) is 53.2 Å². The highest BCUT2D eigenvalue weighted by molar-refractivity contribution is 6.01. The average molecular weight is 629 g/mol. The summed E-state index contributed by atoms with van der Waals surface area (Å²) in [5, 5.41) is 5.94. The minimum absolute atomic E-state index is 0.0589. The number of nitrogens with zero attached hydrogens (tertiary/aromatic N) is 5. The molecule has 10 heteroatoms. The second-order valence-electron chi connectivity index (χ2n) is 14.3. The molecular formula is C36H39F3N6O. The first-order valence-electron chi connectivity index (χ1n) is 17.0. The van der Waals surface area contributed by atoms with E-state index in [4.69, 9.17) is 19.7 Å². The van der Waals surface area contributed by atoms with Gasteiger partial charge in [-0.2, -0.15) is 9.97 Å². The Kier molecular flexibility index (Phi) is 6.55. The van der Waals surface area contributed by atoms with Gasteiger partial charge in [0.15, 0.2) is 5.82 Å². The number of halogens is 3. The van der Waals surface area contributed by atoms with Gasteiger partial charge in [0, 0.05) is 49.1 Å². The highest BCUT2D eigenvalue weighted by atomic mass is 19.1. The normalized spacial score (nSPS) is 30.2. The molecule has 6 atom stereocenters. The standard InChI is InChI=1S/C36H39F3N6O/c1-3-20-14-27-26-11-9-23(40-26)17-45(27)34-29-31(20)41-32(24-7-4-6-21-8-10-25(38)19(2)28(21)24)30(39)33(29)42-35(43-34)46-18-36-12-5-13-44(36)16-22(37)15-36/h4,6-8,10,20,22-23,26-27,40H,3,5,9,11-18H2,1-2H3/t20-,22-,23-,26+,27-,36+/m1/s1. The van der Waals surface area contributed by atoms with Crippen LogP contribution in [0, 0.1) is 18.6 Å². The second kappa shape index (κ2) is 10.5. The number of hydrogen-bond donors (Lipinski definition) is 1. The number of pyridine rings is 1. The van der Waals surface area contributed by atoms with Crippen LogP contribution in [0.25, 0.3) is 32.9 Å². The Morgan fingerprint density at radius 1 is 1.07 bits per heavy atom. The highest BCUT2D eigenvalue weighted by Gasteiger charge is 2.50. The monoisotopic (exact) mass is 628 g/mol. The van der Waals surface area contributed by atoms with E-state index in [0.29, 0.717) is 52.8 Å². The zero-order chi connectivity index (χ0) is 31.3. The minimum Gasteiger partial charge on any atom is -0.461 e. The quantitative estimate of drug-likeness (QED) is 0.268. The minimum atomic E-state index is -0.878. The number of rotatable bonds is 5. The van der Waals surface area contributed by atoms with E-state index in [9.17, 15) is 8.78 Å². The highest BCUT2D eigenvalue weighted by Crippen LogP contribution is 2.47. The summed E-state index contributed by atoms with van der Waals surface area (Å²) in [5.41, 5.74) is 1.78. The van der Waals surface area contributed by atoms with Crippen molar-refractivity contribution >= 4 is 27.5 Å². The number of anilines is 1. The van der Waals surface area contributed by atoms with E-state index in [1.54, 1.807) is 13.0 Å². The van der Waals surface area contributed by atoms with Gasteiger partial charge in [-0.25, -0.2) is 18.2 Å².